The number of allylic oxidation sites excluding steroid dienone is 1. The van der Waals surface area contributed by atoms with Gasteiger partial charge >= 0.3 is 0 Å². The first-order valence-corrected chi connectivity index (χ1v) is 17.5. The maximum Gasteiger partial charge on any atom is 0.100 e. The van der Waals surface area contributed by atoms with Gasteiger partial charge < -0.3 is 0 Å². The molecular weight excluding hydrogens is 522 g/mol. The summed E-state index contributed by atoms with van der Waals surface area (Å²) in [4.78, 5) is 9.02. The Morgan fingerprint density at radius 3 is 1.76 bits per heavy atom. The van der Waals surface area contributed by atoms with E-state index >= 15 is 0 Å². The average Bonchev–Trinajstić information content (AvgIpc) is 3.06. The molecular formula is C38H54F2N2. The molecule has 230 valence electrons. The third kappa shape index (κ3) is 9.45. The summed E-state index contributed by atoms with van der Waals surface area (Å²) in [5.74, 6) is 3.60. The number of pyridine rings is 2. The average molecular weight is 577 g/mol. The van der Waals surface area contributed by atoms with E-state index < -0.39 is 12.3 Å². The van der Waals surface area contributed by atoms with Crippen LogP contribution in [0.25, 0.3) is 6.08 Å². The molecule has 1 unspecified atom stereocenters. The molecule has 0 saturated heterocycles. The molecule has 6 rings (SSSR count). The standard InChI is InChI=1S/C19H28FN.C19H26FN/c2*20-17-11-9-16(10-12-17)19(15-6-2-1-3-7-15)14-18-8-4-5-13-21-18/h4-5,8,13,15-17,19H,1-3,6-7,9-12,14H2;4-5,8,13-17H,1-3,6-7,9-12H2. The second-order valence-corrected chi connectivity index (χ2v) is 13.8. The third-order valence-corrected chi connectivity index (χ3v) is 10.9. The normalized spacial score (nSPS) is 28.9. The molecule has 4 fully saturated rings. The molecule has 4 aliphatic rings. The predicted molar refractivity (Wildman–Crippen MR) is 171 cm³/mol. The van der Waals surface area contributed by atoms with Crippen molar-refractivity contribution in [3.63, 3.8) is 0 Å². The lowest BCUT2D eigenvalue weighted by molar-refractivity contribution is 0.111. The molecule has 4 heteroatoms. The smallest absolute Gasteiger partial charge is 0.100 e. The minimum absolute atomic E-state index is 0.539. The summed E-state index contributed by atoms with van der Waals surface area (Å²) in [5, 5.41) is 0. The van der Waals surface area contributed by atoms with Crippen molar-refractivity contribution in [1.29, 1.82) is 0 Å². The van der Waals surface area contributed by atoms with Crippen LogP contribution in [0.1, 0.15) is 127 Å². The molecule has 42 heavy (non-hydrogen) atoms. The van der Waals surface area contributed by atoms with Crippen LogP contribution < -0.4 is 0 Å². The molecule has 2 heterocycles. The van der Waals surface area contributed by atoms with E-state index in [-0.39, 0.29) is 0 Å². The van der Waals surface area contributed by atoms with Gasteiger partial charge in [-0.3, -0.25) is 9.97 Å². The van der Waals surface area contributed by atoms with Crippen molar-refractivity contribution in [2.75, 3.05) is 0 Å². The Morgan fingerprint density at radius 1 is 0.619 bits per heavy atom. The highest BCUT2D eigenvalue weighted by atomic mass is 19.1. The molecule has 1 atom stereocenters. The lowest BCUT2D eigenvalue weighted by atomic mass is 9.68. The van der Waals surface area contributed by atoms with Gasteiger partial charge in [0.1, 0.15) is 12.3 Å². The zero-order valence-electron chi connectivity index (χ0n) is 25.8. The van der Waals surface area contributed by atoms with Gasteiger partial charge in [-0.15, -0.1) is 0 Å². The molecule has 0 bridgehead atoms. The number of rotatable bonds is 7. The molecule has 2 nitrogen and oxygen atoms in total. The SMILES string of the molecule is FC1CCC(C(=Cc2ccccn2)C2CCCCC2)CC1.FC1CCC(C(Cc2ccccn2)C2CCCCC2)CC1. The van der Waals surface area contributed by atoms with Gasteiger partial charge in [0.15, 0.2) is 0 Å². The first-order chi connectivity index (χ1) is 20.7. The zero-order chi connectivity index (χ0) is 29.0. The van der Waals surface area contributed by atoms with Crippen LogP contribution in [-0.4, -0.2) is 22.3 Å². The summed E-state index contributed by atoms with van der Waals surface area (Å²) in [6.07, 6.45) is 27.1. The van der Waals surface area contributed by atoms with E-state index in [0.29, 0.717) is 11.8 Å². The van der Waals surface area contributed by atoms with Gasteiger partial charge in [-0.2, -0.15) is 0 Å². The Bertz CT molecular complexity index is 1030. The molecule has 0 N–H and O–H groups in total. The number of alkyl halides is 2. The summed E-state index contributed by atoms with van der Waals surface area (Å²) in [6, 6.07) is 12.4. The second-order valence-electron chi connectivity index (χ2n) is 13.8. The van der Waals surface area contributed by atoms with Crippen LogP contribution >= 0.6 is 0 Å². The van der Waals surface area contributed by atoms with Crippen molar-refractivity contribution >= 4 is 6.08 Å². The van der Waals surface area contributed by atoms with Gasteiger partial charge in [-0.1, -0.05) is 69.1 Å². The van der Waals surface area contributed by atoms with Crippen LogP contribution in [-0.2, 0) is 6.42 Å². The summed E-state index contributed by atoms with van der Waals surface area (Å²) in [7, 11) is 0. The number of aromatic nitrogens is 2. The highest BCUT2D eigenvalue weighted by Gasteiger charge is 2.34. The minimum Gasteiger partial charge on any atom is -0.261 e. The van der Waals surface area contributed by atoms with E-state index in [9.17, 15) is 8.78 Å². The van der Waals surface area contributed by atoms with Crippen molar-refractivity contribution in [3.05, 3.63) is 65.8 Å². The second kappa shape index (κ2) is 16.7. The van der Waals surface area contributed by atoms with Crippen LogP contribution in [0.2, 0.25) is 0 Å². The van der Waals surface area contributed by atoms with Crippen LogP contribution in [0.5, 0.6) is 0 Å². The fourth-order valence-corrected chi connectivity index (χ4v) is 8.57. The topological polar surface area (TPSA) is 25.8 Å². The van der Waals surface area contributed by atoms with Crippen LogP contribution in [0, 0.1) is 29.6 Å². The maximum absolute atomic E-state index is 13.5. The monoisotopic (exact) mass is 576 g/mol. The van der Waals surface area contributed by atoms with Crippen molar-refractivity contribution < 1.29 is 8.78 Å². The van der Waals surface area contributed by atoms with E-state index in [2.05, 4.69) is 40.3 Å². The Balaban J connectivity index is 0.000000168. The van der Waals surface area contributed by atoms with Crippen LogP contribution in [0.3, 0.4) is 0 Å². The van der Waals surface area contributed by atoms with Gasteiger partial charge in [0, 0.05) is 18.1 Å². The quantitative estimate of drug-likeness (QED) is 0.328. The van der Waals surface area contributed by atoms with Gasteiger partial charge in [0.2, 0.25) is 0 Å². The van der Waals surface area contributed by atoms with Gasteiger partial charge in [0.25, 0.3) is 0 Å². The molecule has 0 radical (unpaired) electrons. The lowest BCUT2D eigenvalue weighted by Crippen LogP contribution is -2.31. The van der Waals surface area contributed by atoms with Crippen molar-refractivity contribution in [2.24, 2.45) is 29.6 Å². The highest BCUT2D eigenvalue weighted by molar-refractivity contribution is 5.50. The maximum atomic E-state index is 13.5. The number of halogens is 2. The molecule has 4 aliphatic carbocycles. The van der Waals surface area contributed by atoms with Crippen LogP contribution in [0.4, 0.5) is 8.78 Å². The van der Waals surface area contributed by atoms with Crippen molar-refractivity contribution in [2.45, 2.75) is 134 Å². The van der Waals surface area contributed by atoms with E-state index in [1.54, 1.807) is 5.57 Å². The predicted octanol–water partition coefficient (Wildman–Crippen LogP) is 10.9. The molecule has 4 saturated carbocycles. The Kier molecular flexibility index (Phi) is 12.4. The van der Waals surface area contributed by atoms with E-state index in [1.165, 1.54) is 69.9 Å². The minimum atomic E-state index is -0.566. The van der Waals surface area contributed by atoms with E-state index in [0.717, 1.165) is 81.2 Å². The van der Waals surface area contributed by atoms with Crippen molar-refractivity contribution in [3.8, 4) is 0 Å². The van der Waals surface area contributed by atoms with Gasteiger partial charge in [0.05, 0.1) is 5.69 Å². The number of hydrogen-bond acceptors (Lipinski definition) is 2. The van der Waals surface area contributed by atoms with Crippen molar-refractivity contribution in [1.82, 2.24) is 9.97 Å². The van der Waals surface area contributed by atoms with E-state index in [4.69, 9.17) is 0 Å². The van der Waals surface area contributed by atoms with Crippen LogP contribution in [0.15, 0.2) is 54.4 Å². The Hall–Kier alpha value is -2.10. The molecule has 0 amide bonds. The number of hydrogen-bond donors (Lipinski definition) is 0. The Morgan fingerprint density at radius 2 is 1.17 bits per heavy atom. The fourth-order valence-electron chi connectivity index (χ4n) is 8.57. The van der Waals surface area contributed by atoms with Gasteiger partial charge in [-0.25, -0.2) is 8.78 Å². The summed E-state index contributed by atoms with van der Waals surface area (Å²) >= 11 is 0. The molecule has 2 aromatic heterocycles. The lowest BCUT2D eigenvalue weighted by Gasteiger charge is -2.38. The molecule has 0 aliphatic heterocycles. The van der Waals surface area contributed by atoms with E-state index in [1.807, 2.05) is 24.5 Å². The molecule has 0 aromatic carbocycles. The first kappa shape index (κ1) is 31.3. The summed E-state index contributed by atoms with van der Waals surface area (Å²) < 4.78 is 26.9. The highest BCUT2D eigenvalue weighted by Crippen LogP contribution is 2.43. The third-order valence-electron chi connectivity index (χ3n) is 10.9. The fraction of sp³-hybridized carbons (Fsp3) is 0.684. The molecule has 2 aromatic rings. The van der Waals surface area contributed by atoms with Gasteiger partial charge in [-0.05, 0) is 131 Å². The summed E-state index contributed by atoms with van der Waals surface area (Å²) in [6.45, 7) is 0. The Labute approximate surface area is 254 Å². The largest absolute Gasteiger partial charge is 0.261 e. The first-order valence-electron chi connectivity index (χ1n) is 17.5. The summed E-state index contributed by atoms with van der Waals surface area (Å²) in [5.41, 5.74) is 3.87. The number of nitrogens with zero attached hydrogens (tertiary/aromatic N) is 2. The molecule has 0 spiro atoms. The zero-order valence-corrected chi connectivity index (χ0v) is 25.8.